The van der Waals surface area contributed by atoms with E-state index in [0.717, 1.165) is 0 Å². The standard InChI is InChI=1S/C5H2F8/c6-2(3(7)8)1-4(9,10)5(11,12)13/h1H2. The van der Waals surface area contributed by atoms with Gasteiger partial charge in [0.05, 0.1) is 6.42 Å². The van der Waals surface area contributed by atoms with Crippen molar-refractivity contribution in [2.45, 2.75) is 18.5 Å². The van der Waals surface area contributed by atoms with Crippen molar-refractivity contribution < 1.29 is 35.1 Å². The van der Waals surface area contributed by atoms with Crippen LogP contribution in [-0.2, 0) is 0 Å². The van der Waals surface area contributed by atoms with Crippen molar-refractivity contribution in [3.63, 3.8) is 0 Å². The summed E-state index contributed by atoms with van der Waals surface area (Å²) < 4.78 is 91.4. The maximum Gasteiger partial charge on any atom is 0.453 e. The lowest BCUT2D eigenvalue weighted by molar-refractivity contribution is -0.282. The fourth-order valence-electron chi connectivity index (χ4n) is 0.362. The minimum atomic E-state index is -6.03. The molecule has 13 heavy (non-hydrogen) atoms. The summed E-state index contributed by atoms with van der Waals surface area (Å²) in [6, 6.07) is 0. The predicted molar refractivity (Wildman–Crippen MR) is 26.0 cm³/mol. The molecule has 0 spiro atoms. The van der Waals surface area contributed by atoms with Gasteiger partial charge in [0, 0.05) is 0 Å². The van der Waals surface area contributed by atoms with E-state index in [-0.39, 0.29) is 0 Å². The highest BCUT2D eigenvalue weighted by atomic mass is 19.4. The molecule has 0 rings (SSSR count). The minimum Gasteiger partial charge on any atom is -0.206 e. The van der Waals surface area contributed by atoms with E-state index >= 15 is 0 Å². The number of allylic oxidation sites excluding steroid dienone is 1. The molecule has 0 fully saturated rings. The second-order valence-electron chi connectivity index (χ2n) is 2.04. The Hall–Kier alpha value is -0.820. The fourth-order valence-corrected chi connectivity index (χ4v) is 0.362. The first-order valence-corrected chi connectivity index (χ1v) is 2.72. The highest BCUT2D eigenvalue weighted by Gasteiger charge is 2.58. The maximum atomic E-state index is 11.8. The van der Waals surface area contributed by atoms with Gasteiger partial charge in [-0.05, 0) is 0 Å². The summed E-state index contributed by atoms with van der Waals surface area (Å²) >= 11 is 0. The monoisotopic (exact) mass is 214 g/mol. The molecule has 0 atom stereocenters. The fraction of sp³-hybridized carbons (Fsp3) is 0.600. The summed E-state index contributed by atoms with van der Waals surface area (Å²) in [5, 5.41) is 0. The normalized spacial score (nSPS) is 12.9. The third-order valence-corrected chi connectivity index (χ3v) is 0.997. The van der Waals surface area contributed by atoms with Gasteiger partial charge in [-0.15, -0.1) is 0 Å². The number of hydrogen-bond donors (Lipinski definition) is 0. The smallest absolute Gasteiger partial charge is 0.206 e. The van der Waals surface area contributed by atoms with Crippen LogP contribution in [0, 0.1) is 0 Å². The lowest BCUT2D eigenvalue weighted by Crippen LogP contribution is -2.36. The van der Waals surface area contributed by atoms with Crippen LogP contribution in [0.5, 0.6) is 0 Å². The molecule has 0 aromatic carbocycles. The average Bonchev–Trinajstić information content (AvgIpc) is 1.83. The summed E-state index contributed by atoms with van der Waals surface area (Å²) in [5.74, 6) is -8.23. The molecule has 0 amide bonds. The SMILES string of the molecule is FC(F)=C(F)CC(F)(F)C(F)(F)F. The number of rotatable bonds is 2. The van der Waals surface area contributed by atoms with Gasteiger partial charge in [-0.1, -0.05) is 0 Å². The Morgan fingerprint density at radius 1 is 0.846 bits per heavy atom. The van der Waals surface area contributed by atoms with Crippen molar-refractivity contribution in [1.82, 2.24) is 0 Å². The molecule has 8 heteroatoms. The summed E-state index contributed by atoms with van der Waals surface area (Å²) in [6.45, 7) is 0. The first-order valence-electron chi connectivity index (χ1n) is 2.72. The molecule has 78 valence electrons. The van der Waals surface area contributed by atoms with Crippen LogP contribution in [0.15, 0.2) is 11.9 Å². The molecular formula is C5H2F8. The molecule has 0 saturated carbocycles. The summed E-state index contributed by atoms with van der Waals surface area (Å²) in [7, 11) is 0. The highest BCUT2D eigenvalue weighted by molar-refractivity contribution is 4.97. The van der Waals surface area contributed by atoms with Gasteiger partial charge in [0.1, 0.15) is 0 Å². The summed E-state index contributed by atoms with van der Waals surface area (Å²) in [5.41, 5.74) is 0. The van der Waals surface area contributed by atoms with Gasteiger partial charge in [0.15, 0.2) is 5.83 Å². The average molecular weight is 214 g/mol. The molecule has 0 heterocycles. The van der Waals surface area contributed by atoms with Crippen molar-refractivity contribution in [2.75, 3.05) is 0 Å². The van der Waals surface area contributed by atoms with E-state index in [1.54, 1.807) is 0 Å². The van der Waals surface area contributed by atoms with Crippen molar-refractivity contribution >= 4 is 0 Å². The Balaban J connectivity index is 4.63. The van der Waals surface area contributed by atoms with Gasteiger partial charge in [0.25, 0.3) is 0 Å². The molecule has 0 nitrogen and oxygen atoms in total. The molecular weight excluding hydrogens is 212 g/mol. The zero-order chi connectivity index (χ0) is 10.9. The molecule has 0 unspecified atom stereocenters. The Bertz CT molecular complexity index is 207. The molecule has 0 saturated heterocycles. The van der Waals surface area contributed by atoms with Crippen LogP contribution in [0.25, 0.3) is 0 Å². The minimum absolute atomic E-state index is 2.67. The van der Waals surface area contributed by atoms with Gasteiger partial charge in [-0.3, -0.25) is 0 Å². The predicted octanol–water partition coefficient (Wildman–Crippen LogP) is 3.65. The third-order valence-electron chi connectivity index (χ3n) is 0.997. The molecule has 0 aliphatic rings. The first kappa shape index (κ1) is 12.2. The third kappa shape index (κ3) is 3.19. The van der Waals surface area contributed by atoms with E-state index in [1.807, 2.05) is 0 Å². The molecule has 0 N–H and O–H groups in total. The topological polar surface area (TPSA) is 0 Å². The Kier molecular flexibility index (Phi) is 3.28. The van der Waals surface area contributed by atoms with Crippen LogP contribution in [0.1, 0.15) is 6.42 Å². The maximum absolute atomic E-state index is 11.8. The van der Waals surface area contributed by atoms with Crippen LogP contribution in [-0.4, -0.2) is 12.1 Å². The largest absolute Gasteiger partial charge is 0.453 e. The molecule has 0 aromatic rings. The van der Waals surface area contributed by atoms with Crippen LogP contribution in [0.3, 0.4) is 0 Å². The van der Waals surface area contributed by atoms with E-state index < -0.39 is 30.4 Å². The summed E-state index contributed by atoms with van der Waals surface area (Å²) in [4.78, 5) is 0. The summed E-state index contributed by atoms with van der Waals surface area (Å²) in [6.07, 6.45) is -11.9. The second kappa shape index (κ2) is 3.51. The zero-order valence-corrected chi connectivity index (χ0v) is 5.73. The zero-order valence-electron chi connectivity index (χ0n) is 5.73. The lowest BCUT2D eigenvalue weighted by Gasteiger charge is -2.17. The van der Waals surface area contributed by atoms with E-state index in [4.69, 9.17) is 0 Å². The quantitative estimate of drug-likeness (QED) is 0.615. The van der Waals surface area contributed by atoms with E-state index in [0.29, 0.717) is 0 Å². The Morgan fingerprint density at radius 2 is 1.23 bits per heavy atom. The second-order valence-corrected chi connectivity index (χ2v) is 2.04. The van der Waals surface area contributed by atoms with Gasteiger partial charge in [-0.2, -0.15) is 30.7 Å². The van der Waals surface area contributed by atoms with Crippen molar-refractivity contribution in [1.29, 1.82) is 0 Å². The van der Waals surface area contributed by atoms with Gasteiger partial charge < -0.3 is 0 Å². The van der Waals surface area contributed by atoms with Crippen LogP contribution < -0.4 is 0 Å². The van der Waals surface area contributed by atoms with Gasteiger partial charge >= 0.3 is 18.2 Å². The first-order chi connectivity index (χ1) is 5.58. The van der Waals surface area contributed by atoms with Gasteiger partial charge in [0.2, 0.25) is 0 Å². The molecule has 0 aliphatic carbocycles. The van der Waals surface area contributed by atoms with Crippen molar-refractivity contribution in [2.24, 2.45) is 0 Å². The van der Waals surface area contributed by atoms with Crippen LogP contribution >= 0.6 is 0 Å². The van der Waals surface area contributed by atoms with E-state index in [1.165, 1.54) is 0 Å². The van der Waals surface area contributed by atoms with Crippen molar-refractivity contribution in [3.05, 3.63) is 11.9 Å². The number of hydrogen-bond acceptors (Lipinski definition) is 0. The van der Waals surface area contributed by atoms with Crippen molar-refractivity contribution in [3.8, 4) is 0 Å². The van der Waals surface area contributed by atoms with Crippen LogP contribution in [0.4, 0.5) is 35.1 Å². The van der Waals surface area contributed by atoms with Gasteiger partial charge in [-0.25, -0.2) is 4.39 Å². The van der Waals surface area contributed by atoms with E-state index in [2.05, 4.69) is 0 Å². The molecule has 0 aliphatic heterocycles. The Labute approximate surface area is 66.8 Å². The molecule has 0 bridgehead atoms. The van der Waals surface area contributed by atoms with Crippen LogP contribution in [0.2, 0.25) is 0 Å². The molecule has 0 radical (unpaired) electrons. The lowest BCUT2D eigenvalue weighted by atomic mass is 10.2. The van der Waals surface area contributed by atoms with E-state index in [9.17, 15) is 35.1 Å². The Morgan fingerprint density at radius 3 is 1.46 bits per heavy atom. The number of halogens is 8. The molecule has 0 aromatic heterocycles. The number of alkyl halides is 5. The highest BCUT2D eigenvalue weighted by Crippen LogP contribution is 2.40.